The molecule has 16 heavy (non-hydrogen) atoms. The van der Waals surface area contributed by atoms with Crippen LogP contribution < -0.4 is 5.32 Å². The van der Waals surface area contributed by atoms with Crippen LogP contribution in [0.4, 0.5) is 5.69 Å². The van der Waals surface area contributed by atoms with E-state index in [2.05, 4.69) is 10.5 Å². The summed E-state index contributed by atoms with van der Waals surface area (Å²) in [7, 11) is 0. The van der Waals surface area contributed by atoms with Gasteiger partial charge in [-0.05, 0) is 6.92 Å². The number of rotatable bonds is 2. The van der Waals surface area contributed by atoms with Crippen LogP contribution in [0.3, 0.4) is 0 Å². The van der Waals surface area contributed by atoms with Gasteiger partial charge in [0.15, 0.2) is 5.76 Å². The second-order valence-electron chi connectivity index (χ2n) is 3.51. The molecule has 0 saturated carbocycles. The Balaban J connectivity index is 2.46. The van der Waals surface area contributed by atoms with Gasteiger partial charge in [-0.25, -0.2) is 0 Å². The lowest BCUT2D eigenvalue weighted by Crippen LogP contribution is -2.06. The second-order valence-corrected chi connectivity index (χ2v) is 3.51. The third kappa shape index (κ3) is 1.95. The highest BCUT2D eigenvalue weighted by Gasteiger charge is 2.14. The summed E-state index contributed by atoms with van der Waals surface area (Å²) in [6, 6.07) is 9.59. The first-order chi connectivity index (χ1) is 7.68. The number of hydrogen-bond donors (Lipinski definition) is 1. The molecule has 0 fully saturated rings. The first-order valence-corrected chi connectivity index (χ1v) is 4.98. The quantitative estimate of drug-likeness (QED) is 0.839. The van der Waals surface area contributed by atoms with E-state index in [-0.39, 0.29) is 5.91 Å². The van der Waals surface area contributed by atoms with Gasteiger partial charge in [-0.2, -0.15) is 0 Å². The van der Waals surface area contributed by atoms with Crippen molar-refractivity contribution in [1.82, 2.24) is 5.16 Å². The van der Waals surface area contributed by atoms with Gasteiger partial charge in [-0.15, -0.1) is 0 Å². The Hall–Kier alpha value is -2.10. The molecule has 0 aliphatic heterocycles. The summed E-state index contributed by atoms with van der Waals surface area (Å²) in [4.78, 5) is 11.1. The number of nitrogens with zero attached hydrogens (tertiary/aromatic N) is 1. The van der Waals surface area contributed by atoms with Crippen LogP contribution in [0.1, 0.15) is 12.7 Å². The number of carbonyl (C=O) groups excluding carboxylic acids is 1. The van der Waals surface area contributed by atoms with Crippen LogP contribution in [0.25, 0.3) is 11.3 Å². The highest BCUT2D eigenvalue weighted by atomic mass is 16.5. The molecule has 1 heterocycles. The fourth-order valence-corrected chi connectivity index (χ4v) is 1.49. The topological polar surface area (TPSA) is 55.1 Å². The van der Waals surface area contributed by atoms with Gasteiger partial charge in [0.25, 0.3) is 0 Å². The number of carbonyl (C=O) groups is 1. The molecule has 1 aromatic heterocycles. The van der Waals surface area contributed by atoms with E-state index in [1.165, 1.54) is 6.92 Å². The molecule has 0 saturated heterocycles. The molecule has 0 aliphatic carbocycles. The van der Waals surface area contributed by atoms with E-state index in [0.717, 1.165) is 5.56 Å². The van der Waals surface area contributed by atoms with Crippen LogP contribution in [-0.2, 0) is 4.79 Å². The van der Waals surface area contributed by atoms with Crippen molar-refractivity contribution in [1.29, 1.82) is 0 Å². The maximum absolute atomic E-state index is 11.1. The number of anilines is 1. The summed E-state index contributed by atoms with van der Waals surface area (Å²) in [5, 5.41) is 6.67. The minimum absolute atomic E-state index is 0.136. The molecule has 1 amide bonds. The Kier molecular flexibility index (Phi) is 2.72. The van der Waals surface area contributed by atoms with Crippen LogP contribution in [0, 0.1) is 6.92 Å². The first-order valence-electron chi connectivity index (χ1n) is 4.98. The van der Waals surface area contributed by atoms with Gasteiger partial charge in [0.2, 0.25) is 5.91 Å². The lowest BCUT2D eigenvalue weighted by atomic mass is 10.1. The van der Waals surface area contributed by atoms with Gasteiger partial charge in [0, 0.05) is 12.5 Å². The van der Waals surface area contributed by atoms with Crippen molar-refractivity contribution in [2.75, 3.05) is 5.32 Å². The maximum Gasteiger partial charge on any atom is 0.221 e. The third-order valence-electron chi connectivity index (χ3n) is 2.21. The van der Waals surface area contributed by atoms with Crippen molar-refractivity contribution < 1.29 is 9.32 Å². The SMILES string of the molecule is CC(=O)Nc1c(-c2ccccc2)noc1C. The van der Waals surface area contributed by atoms with E-state index in [4.69, 9.17) is 4.52 Å². The van der Waals surface area contributed by atoms with Crippen molar-refractivity contribution in [2.45, 2.75) is 13.8 Å². The van der Waals surface area contributed by atoms with E-state index >= 15 is 0 Å². The molecule has 0 bridgehead atoms. The molecule has 4 heteroatoms. The van der Waals surface area contributed by atoms with E-state index in [9.17, 15) is 4.79 Å². The van der Waals surface area contributed by atoms with E-state index < -0.39 is 0 Å². The van der Waals surface area contributed by atoms with Crippen LogP contribution >= 0.6 is 0 Å². The molecular weight excluding hydrogens is 204 g/mol. The highest BCUT2D eigenvalue weighted by Crippen LogP contribution is 2.29. The monoisotopic (exact) mass is 216 g/mol. The standard InChI is InChI=1S/C12H12N2O2/c1-8-11(13-9(2)15)12(14-16-8)10-6-4-3-5-7-10/h3-7H,1-2H3,(H,13,15). The van der Waals surface area contributed by atoms with Crippen molar-refractivity contribution >= 4 is 11.6 Å². The minimum atomic E-state index is -0.136. The van der Waals surface area contributed by atoms with Crippen molar-refractivity contribution in [3.05, 3.63) is 36.1 Å². The van der Waals surface area contributed by atoms with Gasteiger partial charge < -0.3 is 9.84 Å². The van der Waals surface area contributed by atoms with Crippen molar-refractivity contribution in [2.24, 2.45) is 0 Å². The summed E-state index contributed by atoms with van der Waals surface area (Å²) in [6.07, 6.45) is 0. The van der Waals surface area contributed by atoms with Gasteiger partial charge in [0.05, 0.1) is 0 Å². The van der Waals surface area contributed by atoms with Crippen LogP contribution in [0.2, 0.25) is 0 Å². The molecule has 1 aromatic carbocycles. The summed E-state index contributed by atoms with van der Waals surface area (Å²) in [6.45, 7) is 3.23. The van der Waals surface area contributed by atoms with E-state index in [1.807, 2.05) is 30.3 Å². The summed E-state index contributed by atoms with van der Waals surface area (Å²) in [5.74, 6) is 0.470. The highest BCUT2D eigenvalue weighted by molar-refractivity contribution is 5.93. The average Bonchev–Trinajstić information content (AvgIpc) is 2.61. The molecule has 2 rings (SSSR count). The van der Waals surface area contributed by atoms with Crippen molar-refractivity contribution in [3.8, 4) is 11.3 Å². The average molecular weight is 216 g/mol. The fourth-order valence-electron chi connectivity index (χ4n) is 1.49. The number of hydrogen-bond acceptors (Lipinski definition) is 3. The number of amides is 1. The van der Waals surface area contributed by atoms with Gasteiger partial charge >= 0.3 is 0 Å². The summed E-state index contributed by atoms with van der Waals surface area (Å²) < 4.78 is 5.09. The third-order valence-corrected chi connectivity index (χ3v) is 2.21. The number of aryl methyl sites for hydroxylation is 1. The number of benzene rings is 1. The normalized spacial score (nSPS) is 10.1. The van der Waals surface area contributed by atoms with Crippen molar-refractivity contribution in [3.63, 3.8) is 0 Å². The van der Waals surface area contributed by atoms with Crippen LogP contribution in [-0.4, -0.2) is 11.1 Å². The second kappa shape index (κ2) is 4.18. The number of aromatic nitrogens is 1. The Morgan fingerprint density at radius 3 is 2.62 bits per heavy atom. The molecule has 4 nitrogen and oxygen atoms in total. The zero-order valence-electron chi connectivity index (χ0n) is 9.15. The molecule has 0 radical (unpaired) electrons. The lowest BCUT2D eigenvalue weighted by Gasteiger charge is -2.02. The summed E-state index contributed by atoms with van der Waals surface area (Å²) in [5.41, 5.74) is 2.22. The Labute approximate surface area is 93.3 Å². The molecule has 0 aliphatic rings. The molecule has 1 N–H and O–H groups in total. The number of nitrogens with one attached hydrogen (secondary N) is 1. The Bertz CT molecular complexity index is 503. The zero-order chi connectivity index (χ0) is 11.5. The largest absolute Gasteiger partial charge is 0.359 e. The van der Waals surface area contributed by atoms with E-state index in [0.29, 0.717) is 17.1 Å². The van der Waals surface area contributed by atoms with Gasteiger partial charge in [-0.3, -0.25) is 4.79 Å². The minimum Gasteiger partial charge on any atom is -0.359 e. The predicted molar refractivity (Wildman–Crippen MR) is 61.0 cm³/mol. The molecule has 2 aromatic rings. The molecule has 0 atom stereocenters. The first kappa shape index (κ1) is 10.4. The summed E-state index contributed by atoms with van der Waals surface area (Å²) >= 11 is 0. The van der Waals surface area contributed by atoms with Crippen LogP contribution in [0.5, 0.6) is 0 Å². The van der Waals surface area contributed by atoms with Crippen LogP contribution in [0.15, 0.2) is 34.9 Å². The van der Waals surface area contributed by atoms with E-state index in [1.54, 1.807) is 6.92 Å². The van der Waals surface area contributed by atoms with Gasteiger partial charge in [0.1, 0.15) is 11.4 Å². The molecule has 0 spiro atoms. The Morgan fingerprint density at radius 1 is 1.31 bits per heavy atom. The zero-order valence-corrected chi connectivity index (χ0v) is 9.15. The molecule has 0 unspecified atom stereocenters. The van der Waals surface area contributed by atoms with Gasteiger partial charge in [-0.1, -0.05) is 35.5 Å². The lowest BCUT2D eigenvalue weighted by molar-refractivity contribution is -0.114. The Morgan fingerprint density at radius 2 is 2.00 bits per heavy atom. The predicted octanol–water partition coefficient (Wildman–Crippen LogP) is 2.61. The smallest absolute Gasteiger partial charge is 0.221 e. The fraction of sp³-hybridized carbons (Fsp3) is 0.167. The maximum atomic E-state index is 11.1. The molecule has 82 valence electrons. The molecular formula is C12H12N2O2.